The zero-order chi connectivity index (χ0) is 13.8. The molecule has 0 fully saturated rings. The van der Waals surface area contributed by atoms with Crippen LogP contribution in [0.25, 0.3) is 0 Å². The Labute approximate surface area is 116 Å². The summed E-state index contributed by atoms with van der Waals surface area (Å²) < 4.78 is 13.2. The fourth-order valence-electron chi connectivity index (χ4n) is 1.58. The van der Waals surface area contributed by atoms with E-state index in [-0.39, 0.29) is 5.82 Å². The number of hydrogen-bond acceptors (Lipinski definition) is 4. The van der Waals surface area contributed by atoms with Gasteiger partial charge in [0.15, 0.2) is 0 Å². The summed E-state index contributed by atoms with van der Waals surface area (Å²) in [4.78, 5) is 8.61. The van der Waals surface area contributed by atoms with Gasteiger partial charge < -0.3 is 10.6 Å². The minimum Gasteiger partial charge on any atom is -0.373 e. The zero-order valence-electron chi connectivity index (χ0n) is 10.7. The summed E-state index contributed by atoms with van der Waals surface area (Å²) >= 11 is 6.01. The Bertz CT molecular complexity index is 567. The second-order valence-corrected chi connectivity index (χ2v) is 4.31. The fraction of sp³-hybridized carbons (Fsp3) is 0.231. The van der Waals surface area contributed by atoms with Crippen molar-refractivity contribution in [2.45, 2.75) is 13.3 Å². The first-order valence-corrected chi connectivity index (χ1v) is 6.28. The van der Waals surface area contributed by atoms with Gasteiger partial charge in [-0.05, 0) is 18.2 Å². The Morgan fingerprint density at radius 1 is 1.21 bits per heavy atom. The van der Waals surface area contributed by atoms with E-state index in [1.807, 2.05) is 6.92 Å². The molecule has 0 amide bonds. The molecule has 0 aliphatic rings. The summed E-state index contributed by atoms with van der Waals surface area (Å²) in [6.07, 6.45) is 0.709. The van der Waals surface area contributed by atoms with Crippen LogP contribution in [-0.2, 0) is 6.42 Å². The number of hydrogen-bond donors (Lipinski definition) is 2. The molecule has 0 bridgehead atoms. The predicted octanol–water partition coefficient (Wildman–Crippen LogP) is 3.62. The molecule has 0 atom stereocenters. The third kappa shape index (κ3) is 3.32. The van der Waals surface area contributed by atoms with Crippen LogP contribution in [0, 0.1) is 5.82 Å². The van der Waals surface area contributed by atoms with Crippen molar-refractivity contribution < 1.29 is 4.39 Å². The molecule has 4 nitrogen and oxygen atoms in total. The standard InChI is InChI=1S/C13H14ClFN4/c1-3-11-18-12(16-2)7-13(19-11)17-10-6-8(15)4-5-9(10)14/h4-7H,3H2,1-2H3,(H2,16,17,18,19). The van der Waals surface area contributed by atoms with E-state index in [9.17, 15) is 4.39 Å². The molecule has 0 aliphatic heterocycles. The maximum Gasteiger partial charge on any atom is 0.136 e. The monoisotopic (exact) mass is 280 g/mol. The lowest BCUT2D eigenvalue weighted by molar-refractivity contribution is 0.628. The van der Waals surface area contributed by atoms with Gasteiger partial charge in [0.1, 0.15) is 23.3 Å². The SMILES string of the molecule is CCc1nc(NC)cc(Nc2cc(F)ccc2Cl)n1. The van der Waals surface area contributed by atoms with Crippen molar-refractivity contribution in [3.05, 3.63) is 40.9 Å². The maximum absolute atomic E-state index is 13.2. The second-order valence-electron chi connectivity index (χ2n) is 3.91. The van der Waals surface area contributed by atoms with Crippen LogP contribution in [-0.4, -0.2) is 17.0 Å². The number of aryl methyl sites for hydroxylation is 1. The third-order valence-electron chi connectivity index (χ3n) is 2.54. The number of nitrogens with one attached hydrogen (secondary N) is 2. The van der Waals surface area contributed by atoms with Crippen molar-refractivity contribution in [2.24, 2.45) is 0 Å². The van der Waals surface area contributed by atoms with Gasteiger partial charge in [-0.25, -0.2) is 14.4 Å². The maximum atomic E-state index is 13.2. The second kappa shape index (κ2) is 5.84. The molecule has 0 saturated carbocycles. The van der Waals surface area contributed by atoms with Crippen LogP contribution in [0.3, 0.4) is 0 Å². The van der Waals surface area contributed by atoms with Crippen LogP contribution in [0.4, 0.5) is 21.7 Å². The lowest BCUT2D eigenvalue weighted by Crippen LogP contribution is -2.03. The van der Waals surface area contributed by atoms with Crippen LogP contribution in [0.2, 0.25) is 5.02 Å². The molecule has 2 rings (SSSR count). The predicted molar refractivity (Wildman–Crippen MR) is 75.6 cm³/mol. The van der Waals surface area contributed by atoms with Gasteiger partial charge in [-0.3, -0.25) is 0 Å². The quantitative estimate of drug-likeness (QED) is 0.898. The van der Waals surface area contributed by atoms with Gasteiger partial charge in [-0.2, -0.15) is 0 Å². The zero-order valence-corrected chi connectivity index (χ0v) is 11.4. The highest BCUT2D eigenvalue weighted by Crippen LogP contribution is 2.26. The normalized spacial score (nSPS) is 10.3. The van der Waals surface area contributed by atoms with Crippen molar-refractivity contribution in [1.29, 1.82) is 0 Å². The molecule has 19 heavy (non-hydrogen) atoms. The van der Waals surface area contributed by atoms with E-state index in [1.165, 1.54) is 18.2 Å². The van der Waals surface area contributed by atoms with E-state index in [2.05, 4.69) is 20.6 Å². The Morgan fingerprint density at radius 2 is 1.95 bits per heavy atom. The van der Waals surface area contributed by atoms with Gasteiger partial charge >= 0.3 is 0 Å². The van der Waals surface area contributed by atoms with Crippen LogP contribution in [0.5, 0.6) is 0 Å². The molecule has 1 heterocycles. The molecule has 1 aromatic heterocycles. The van der Waals surface area contributed by atoms with Crippen LogP contribution < -0.4 is 10.6 Å². The average Bonchev–Trinajstić information content (AvgIpc) is 2.42. The molecule has 0 spiro atoms. The minimum atomic E-state index is -0.356. The van der Waals surface area contributed by atoms with Crippen LogP contribution >= 0.6 is 11.6 Å². The first-order valence-electron chi connectivity index (χ1n) is 5.90. The molecule has 100 valence electrons. The van der Waals surface area contributed by atoms with Gasteiger partial charge in [0.25, 0.3) is 0 Å². The Balaban J connectivity index is 2.34. The first-order chi connectivity index (χ1) is 9.12. The van der Waals surface area contributed by atoms with Crippen LogP contribution in [0.1, 0.15) is 12.7 Å². The van der Waals surface area contributed by atoms with Gasteiger partial charge in [-0.1, -0.05) is 18.5 Å². The topological polar surface area (TPSA) is 49.8 Å². The van der Waals surface area contributed by atoms with Crippen molar-refractivity contribution in [3.8, 4) is 0 Å². The van der Waals surface area contributed by atoms with E-state index in [1.54, 1.807) is 13.1 Å². The lowest BCUT2D eigenvalue weighted by Gasteiger charge is -2.10. The number of rotatable bonds is 4. The molecule has 0 saturated heterocycles. The lowest BCUT2D eigenvalue weighted by atomic mass is 10.3. The molecule has 6 heteroatoms. The van der Waals surface area contributed by atoms with Gasteiger partial charge in [0.05, 0.1) is 10.7 Å². The largest absolute Gasteiger partial charge is 0.373 e. The van der Waals surface area contributed by atoms with Gasteiger partial charge in [0.2, 0.25) is 0 Å². The molecule has 2 aromatic rings. The van der Waals surface area contributed by atoms with E-state index in [0.29, 0.717) is 34.6 Å². The highest BCUT2D eigenvalue weighted by molar-refractivity contribution is 6.33. The molecular formula is C13H14ClFN4. The Hall–Kier alpha value is -1.88. The van der Waals surface area contributed by atoms with E-state index >= 15 is 0 Å². The number of anilines is 3. The first kappa shape index (κ1) is 13.5. The van der Waals surface area contributed by atoms with Crippen molar-refractivity contribution in [2.75, 3.05) is 17.7 Å². The summed E-state index contributed by atoms with van der Waals surface area (Å²) in [6, 6.07) is 5.87. The molecule has 2 N–H and O–H groups in total. The van der Waals surface area contributed by atoms with Crippen LogP contribution in [0.15, 0.2) is 24.3 Å². The average molecular weight is 281 g/mol. The number of benzene rings is 1. The van der Waals surface area contributed by atoms with Gasteiger partial charge in [-0.15, -0.1) is 0 Å². The summed E-state index contributed by atoms with van der Waals surface area (Å²) in [5.41, 5.74) is 0.476. The highest BCUT2D eigenvalue weighted by Gasteiger charge is 2.06. The van der Waals surface area contributed by atoms with Crippen molar-refractivity contribution >= 4 is 28.9 Å². The van der Waals surface area contributed by atoms with E-state index in [0.717, 1.165) is 0 Å². The highest BCUT2D eigenvalue weighted by atomic mass is 35.5. The summed E-state index contributed by atoms with van der Waals surface area (Å²) in [7, 11) is 1.78. The molecule has 0 radical (unpaired) electrons. The number of aromatic nitrogens is 2. The van der Waals surface area contributed by atoms with E-state index < -0.39 is 0 Å². The smallest absolute Gasteiger partial charge is 0.136 e. The van der Waals surface area contributed by atoms with Gasteiger partial charge in [0, 0.05) is 19.5 Å². The Morgan fingerprint density at radius 3 is 2.63 bits per heavy atom. The Kier molecular flexibility index (Phi) is 4.16. The molecule has 1 aromatic carbocycles. The van der Waals surface area contributed by atoms with Crippen molar-refractivity contribution in [1.82, 2.24) is 9.97 Å². The molecular weight excluding hydrogens is 267 g/mol. The molecule has 0 unspecified atom stereocenters. The summed E-state index contributed by atoms with van der Waals surface area (Å²) in [5.74, 6) is 1.61. The molecule has 0 aliphatic carbocycles. The van der Waals surface area contributed by atoms with E-state index in [4.69, 9.17) is 11.6 Å². The van der Waals surface area contributed by atoms with Crippen molar-refractivity contribution in [3.63, 3.8) is 0 Å². The summed E-state index contributed by atoms with van der Waals surface area (Å²) in [6.45, 7) is 1.97. The number of halogens is 2. The number of nitrogens with zero attached hydrogens (tertiary/aromatic N) is 2. The fourth-order valence-corrected chi connectivity index (χ4v) is 1.74. The summed E-state index contributed by atoms with van der Waals surface area (Å²) in [5, 5.41) is 6.39. The minimum absolute atomic E-state index is 0.356. The third-order valence-corrected chi connectivity index (χ3v) is 2.87.